The van der Waals surface area contributed by atoms with Gasteiger partial charge in [0, 0.05) is 22.5 Å². The number of hydrogen-bond acceptors (Lipinski definition) is 5. The van der Waals surface area contributed by atoms with E-state index in [2.05, 4.69) is 15.2 Å². The van der Waals surface area contributed by atoms with Crippen LogP contribution in [0.1, 0.15) is 5.56 Å². The first-order valence-corrected chi connectivity index (χ1v) is 7.50. The number of aromatic hydroxyl groups is 1. The molecule has 0 atom stereocenters. The van der Waals surface area contributed by atoms with Gasteiger partial charge in [-0.25, -0.2) is 0 Å². The third-order valence-corrected chi connectivity index (χ3v) is 3.73. The Hall–Kier alpha value is -3.26. The molecule has 0 bridgehead atoms. The second kappa shape index (κ2) is 6.70. The zero-order valence-electron chi connectivity index (χ0n) is 12.6. The summed E-state index contributed by atoms with van der Waals surface area (Å²) in [5.74, 6) is -0.847. The minimum Gasteiger partial charge on any atom is -0.493 e. The predicted octanol–water partition coefficient (Wildman–Crippen LogP) is 4.29. The summed E-state index contributed by atoms with van der Waals surface area (Å²) in [6, 6.07) is 10.7. The Labute approximate surface area is 145 Å². The van der Waals surface area contributed by atoms with Crippen molar-refractivity contribution in [1.82, 2.24) is 4.98 Å². The molecule has 0 saturated heterocycles. The standard InChI is InChI=1S/C16H11ClN4O4/c17-10-3-1-9(2-4-10)7-14(22)19-20-15-12-8-11(21(24)25)5-6-13(12)18-16(15)23/h1-6,8,18,23H,7H2. The highest BCUT2D eigenvalue weighted by atomic mass is 35.5. The van der Waals surface area contributed by atoms with Crippen LogP contribution in [0, 0.1) is 10.1 Å². The summed E-state index contributed by atoms with van der Waals surface area (Å²) >= 11 is 5.78. The van der Waals surface area contributed by atoms with Gasteiger partial charge in [0.2, 0.25) is 5.88 Å². The van der Waals surface area contributed by atoms with Crippen LogP contribution >= 0.6 is 11.6 Å². The van der Waals surface area contributed by atoms with Crippen LogP contribution < -0.4 is 0 Å². The number of aromatic nitrogens is 1. The fourth-order valence-corrected chi connectivity index (χ4v) is 2.41. The lowest BCUT2D eigenvalue weighted by Crippen LogP contribution is -1.97. The molecule has 3 rings (SSSR count). The number of carbonyl (C=O) groups is 1. The van der Waals surface area contributed by atoms with Crippen LogP contribution in [0.5, 0.6) is 5.88 Å². The van der Waals surface area contributed by atoms with E-state index >= 15 is 0 Å². The largest absolute Gasteiger partial charge is 0.493 e. The highest BCUT2D eigenvalue weighted by molar-refractivity contribution is 6.30. The summed E-state index contributed by atoms with van der Waals surface area (Å²) in [4.78, 5) is 24.9. The fourth-order valence-electron chi connectivity index (χ4n) is 2.28. The molecule has 0 spiro atoms. The smallest absolute Gasteiger partial charge is 0.270 e. The van der Waals surface area contributed by atoms with E-state index in [0.29, 0.717) is 21.5 Å². The SMILES string of the molecule is O=C(Cc1ccc(Cl)cc1)N=Nc1c(O)[nH]c2ccc([N+](=O)[O-])cc12. The summed E-state index contributed by atoms with van der Waals surface area (Å²) < 4.78 is 0. The van der Waals surface area contributed by atoms with E-state index in [9.17, 15) is 20.0 Å². The maximum atomic E-state index is 11.9. The van der Waals surface area contributed by atoms with Crippen molar-refractivity contribution in [3.63, 3.8) is 0 Å². The van der Waals surface area contributed by atoms with E-state index in [1.54, 1.807) is 24.3 Å². The molecule has 0 fully saturated rings. The number of halogens is 1. The number of non-ortho nitro benzene ring substituents is 1. The van der Waals surface area contributed by atoms with Gasteiger partial charge in [0.25, 0.3) is 11.6 Å². The van der Waals surface area contributed by atoms with Crippen molar-refractivity contribution in [3.05, 3.63) is 63.2 Å². The second-order valence-electron chi connectivity index (χ2n) is 5.21. The molecular weight excluding hydrogens is 348 g/mol. The molecule has 8 nitrogen and oxygen atoms in total. The molecule has 2 N–H and O–H groups in total. The van der Waals surface area contributed by atoms with Gasteiger partial charge in [-0.15, -0.1) is 10.2 Å². The van der Waals surface area contributed by atoms with Gasteiger partial charge in [0.05, 0.1) is 16.9 Å². The van der Waals surface area contributed by atoms with Crippen molar-refractivity contribution in [3.8, 4) is 5.88 Å². The van der Waals surface area contributed by atoms with Crippen LogP contribution in [0.2, 0.25) is 5.02 Å². The van der Waals surface area contributed by atoms with Gasteiger partial charge in [-0.3, -0.25) is 14.9 Å². The van der Waals surface area contributed by atoms with E-state index < -0.39 is 10.8 Å². The molecule has 25 heavy (non-hydrogen) atoms. The summed E-state index contributed by atoms with van der Waals surface area (Å²) in [7, 11) is 0. The number of hydrogen-bond donors (Lipinski definition) is 2. The number of H-pyrrole nitrogens is 1. The molecule has 0 unspecified atom stereocenters. The number of azo groups is 1. The maximum absolute atomic E-state index is 11.9. The molecule has 3 aromatic rings. The quantitative estimate of drug-likeness (QED) is 0.410. The maximum Gasteiger partial charge on any atom is 0.270 e. The van der Waals surface area contributed by atoms with E-state index in [4.69, 9.17) is 11.6 Å². The van der Waals surface area contributed by atoms with Gasteiger partial charge in [0.1, 0.15) is 0 Å². The molecule has 0 saturated carbocycles. The van der Waals surface area contributed by atoms with E-state index in [0.717, 1.165) is 0 Å². The molecule has 1 amide bonds. The van der Waals surface area contributed by atoms with E-state index in [-0.39, 0.29) is 23.7 Å². The number of carbonyl (C=O) groups excluding carboxylic acids is 1. The lowest BCUT2D eigenvalue weighted by Gasteiger charge is -1.97. The number of nitro benzene ring substituents is 1. The summed E-state index contributed by atoms with van der Waals surface area (Å²) in [5, 5.41) is 28.9. The van der Waals surface area contributed by atoms with Gasteiger partial charge < -0.3 is 10.1 Å². The highest BCUT2D eigenvalue weighted by Gasteiger charge is 2.15. The summed E-state index contributed by atoms with van der Waals surface area (Å²) in [5.41, 5.74) is 0.980. The van der Waals surface area contributed by atoms with Crippen LogP contribution in [-0.4, -0.2) is 20.9 Å². The Morgan fingerprint density at radius 3 is 2.64 bits per heavy atom. The van der Waals surface area contributed by atoms with Gasteiger partial charge in [0.15, 0.2) is 5.69 Å². The molecule has 1 heterocycles. The second-order valence-corrected chi connectivity index (χ2v) is 5.64. The van der Waals surface area contributed by atoms with E-state index in [1.807, 2.05) is 0 Å². The average Bonchev–Trinajstić information content (AvgIpc) is 2.89. The molecule has 2 aromatic carbocycles. The first-order valence-electron chi connectivity index (χ1n) is 7.12. The monoisotopic (exact) mass is 358 g/mol. The molecule has 9 heteroatoms. The van der Waals surface area contributed by atoms with Crippen molar-refractivity contribution in [2.24, 2.45) is 10.2 Å². The molecule has 1 aromatic heterocycles. The minimum absolute atomic E-state index is 0.0178. The lowest BCUT2D eigenvalue weighted by molar-refractivity contribution is -0.384. The van der Waals surface area contributed by atoms with Gasteiger partial charge in [-0.2, -0.15) is 0 Å². The summed E-state index contributed by atoms with van der Waals surface area (Å²) in [6.45, 7) is 0. The van der Waals surface area contributed by atoms with Crippen LogP contribution in [-0.2, 0) is 11.2 Å². The number of rotatable bonds is 4. The van der Waals surface area contributed by atoms with Gasteiger partial charge in [-0.1, -0.05) is 23.7 Å². The lowest BCUT2D eigenvalue weighted by atomic mass is 10.1. The van der Waals surface area contributed by atoms with Crippen molar-refractivity contribution in [2.75, 3.05) is 0 Å². The van der Waals surface area contributed by atoms with Crippen molar-refractivity contribution in [2.45, 2.75) is 6.42 Å². The molecule has 0 aliphatic carbocycles. The Morgan fingerprint density at radius 1 is 1.24 bits per heavy atom. The van der Waals surface area contributed by atoms with Crippen LogP contribution in [0.3, 0.4) is 0 Å². The topological polar surface area (TPSA) is 121 Å². The Kier molecular flexibility index (Phi) is 4.44. The normalized spacial score (nSPS) is 11.2. The zero-order chi connectivity index (χ0) is 18.0. The minimum atomic E-state index is -0.559. The zero-order valence-corrected chi connectivity index (χ0v) is 13.4. The number of aromatic amines is 1. The van der Waals surface area contributed by atoms with Crippen LogP contribution in [0.25, 0.3) is 10.9 Å². The van der Waals surface area contributed by atoms with Crippen LogP contribution in [0.4, 0.5) is 11.4 Å². The number of nitrogens with one attached hydrogen (secondary N) is 1. The molecule has 0 radical (unpaired) electrons. The van der Waals surface area contributed by atoms with Gasteiger partial charge >= 0.3 is 0 Å². The Morgan fingerprint density at radius 2 is 1.96 bits per heavy atom. The van der Waals surface area contributed by atoms with Crippen molar-refractivity contribution in [1.29, 1.82) is 0 Å². The summed E-state index contributed by atoms with van der Waals surface area (Å²) in [6.07, 6.45) is 0.0178. The number of nitrogens with zero attached hydrogens (tertiary/aromatic N) is 3. The van der Waals surface area contributed by atoms with Gasteiger partial charge in [-0.05, 0) is 23.8 Å². The molecule has 0 aliphatic heterocycles. The highest BCUT2D eigenvalue weighted by Crippen LogP contribution is 2.37. The third kappa shape index (κ3) is 3.64. The molecule has 0 aliphatic rings. The fraction of sp³-hybridized carbons (Fsp3) is 0.0625. The number of nitro groups is 1. The first kappa shape index (κ1) is 16.6. The molecular formula is C16H11ClN4O4. The first-order chi connectivity index (χ1) is 11.9. The molecule has 126 valence electrons. The van der Waals surface area contributed by atoms with Crippen molar-refractivity contribution < 1.29 is 14.8 Å². The number of benzene rings is 2. The number of fused-ring (bicyclic) bond motifs is 1. The number of amides is 1. The Bertz CT molecular complexity index is 995. The third-order valence-electron chi connectivity index (χ3n) is 3.48. The average molecular weight is 359 g/mol. The van der Waals surface area contributed by atoms with Crippen molar-refractivity contribution >= 4 is 39.8 Å². The van der Waals surface area contributed by atoms with E-state index in [1.165, 1.54) is 18.2 Å². The predicted molar refractivity (Wildman–Crippen MR) is 91.3 cm³/mol. The van der Waals surface area contributed by atoms with Crippen LogP contribution in [0.15, 0.2) is 52.7 Å². The Balaban J connectivity index is 1.86.